The molecule has 0 saturated carbocycles. The van der Waals surface area contributed by atoms with Gasteiger partial charge in [-0.05, 0) is 26.7 Å². The molecule has 2 aromatic heterocycles. The Morgan fingerprint density at radius 2 is 2.23 bits per heavy atom. The molecule has 0 radical (unpaired) electrons. The van der Waals surface area contributed by atoms with Gasteiger partial charge in [0.05, 0.1) is 23.1 Å². The van der Waals surface area contributed by atoms with Crippen molar-refractivity contribution in [3.05, 3.63) is 41.7 Å². The van der Waals surface area contributed by atoms with Gasteiger partial charge in [0.2, 0.25) is 0 Å². The van der Waals surface area contributed by atoms with Gasteiger partial charge < -0.3 is 4.90 Å². The zero-order valence-corrected chi connectivity index (χ0v) is 13.1. The van der Waals surface area contributed by atoms with Crippen molar-refractivity contribution >= 4 is 5.91 Å². The van der Waals surface area contributed by atoms with Gasteiger partial charge in [0, 0.05) is 44.1 Å². The second kappa shape index (κ2) is 6.25. The molecule has 0 bridgehead atoms. The maximum absolute atomic E-state index is 12.6. The van der Waals surface area contributed by atoms with Crippen LogP contribution in [-0.4, -0.2) is 43.6 Å². The van der Waals surface area contributed by atoms with Crippen LogP contribution < -0.4 is 0 Å². The second-order valence-electron chi connectivity index (χ2n) is 5.76. The molecule has 3 heterocycles. The standard InChI is InChI=1S/C16H21N5O/c1-3-21-11-14(8-18-21)16(22)20-6-4-5-13(10-20)15-9-17-7-12(2)19-15/h7-9,11,13H,3-6,10H2,1-2H3. The van der Waals surface area contributed by atoms with E-state index in [-0.39, 0.29) is 11.8 Å². The van der Waals surface area contributed by atoms with Crippen molar-refractivity contribution in [2.75, 3.05) is 13.1 Å². The molecule has 116 valence electrons. The summed E-state index contributed by atoms with van der Waals surface area (Å²) in [4.78, 5) is 23.3. The number of hydrogen-bond acceptors (Lipinski definition) is 4. The molecule has 2 aromatic rings. The Labute approximate surface area is 130 Å². The molecule has 6 heteroatoms. The van der Waals surface area contributed by atoms with Crippen LogP contribution in [0.2, 0.25) is 0 Å². The van der Waals surface area contributed by atoms with Crippen molar-refractivity contribution in [1.82, 2.24) is 24.6 Å². The van der Waals surface area contributed by atoms with Gasteiger partial charge in [0.25, 0.3) is 5.91 Å². The predicted octanol–water partition coefficient (Wildman–Crippen LogP) is 2.02. The lowest BCUT2D eigenvalue weighted by molar-refractivity contribution is 0.0705. The average molecular weight is 299 g/mol. The molecule has 1 aliphatic rings. The van der Waals surface area contributed by atoms with Crippen LogP contribution in [0.5, 0.6) is 0 Å². The van der Waals surface area contributed by atoms with Crippen LogP contribution in [0.1, 0.15) is 47.4 Å². The van der Waals surface area contributed by atoms with E-state index in [1.165, 1.54) is 0 Å². The molecular formula is C16H21N5O. The zero-order chi connectivity index (χ0) is 15.5. The first kappa shape index (κ1) is 14.7. The molecule has 1 unspecified atom stereocenters. The quantitative estimate of drug-likeness (QED) is 0.870. The van der Waals surface area contributed by atoms with E-state index >= 15 is 0 Å². The third kappa shape index (κ3) is 3.00. The lowest BCUT2D eigenvalue weighted by atomic mass is 9.94. The highest BCUT2D eigenvalue weighted by Crippen LogP contribution is 2.26. The lowest BCUT2D eigenvalue weighted by Crippen LogP contribution is -2.39. The van der Waals surface area contributed by atoms with Crippen LogP contribution in [0.4, 0.5) is 0 Å². The van der Waals surface area contributed by atoms with E-state index in [2.05, 4.69) is 15.1 Å². The summed E-state index contributed by atoms with van der Waals surface area (Å²) >= 11 is 0. The van der Waals surface area contributed by atoms with Crippen LogP contribution >= 0.6 is 0 Å². The summed E-state index contributed by atoms with van der Waals surface area (Å²) in [6, 6.07) is 0. The first-order chi connectivity index (χ1) is 10.7. The summed E-state index contributed by atoms with van der Waals surface area (Å²) in [5, 5.41) is 4.19. The summed E-state index contributed by atoms with van der Waals surface area (Å²) in [6.45, 7) is 6.23. The first-order valence-corrected chi connectivity index (χ1v) is 7.77. The van der Waals surface area contributed by atoms with Gasteiger partial charge in [0.1, 0.15) is 0 Å². The topological polar surface area (TPSA) is 63.9 Å². The highest BCUT2D eigenvalue weighted by Gasteiger charge is 2.27. The Balaban J connectivity index is 1.73. The SMILES string of the molecule is CCn1cc(C(=O)N2CCCC(c3cncc(C)n3)C2)cn1. The molecule has 1 aliphatic heterocycles. The van der Waals surface area contributed by atoms with Crippen molar-refractivity contribution in [3.63, 3.8) is 0 Å². The summed E-state index contributed by atoms with van der Waals surface area (Å²) < 4.78 is 1.78. The number of hydrogen-bond donors (Lipinski definition) is 0. The minimum atomic E-state index is 0.0602. The van der Waals surface area contributed by atoms with Crippen LogP contribution in [0.3, 0.4) is 0 Å². The largest absolute Gasteiger partial charge is 0.338 e. The number of amides is 1. The maximum atomic E-state index is 12.6. The van der Waals surface area contributed by atoms with E-state index < -0.39 is 0 Å². The van der Waals surface area contributed by atoms with Gasteiger partial charge in [-0.3, -0.25) is 19.4 Å². The first-order valence-electron chi connectivity index (χ1n) is 7.77. The zero-order valence-electron chi connectivity index (χ0n) is 13.1. The van der Waals surface area contributed by atoms with Crippen molar-refractivity contribution < 1.29 is 4.79 Å². The smallest absolute Gasteiger partial charge is 0.257 e. The van der Waals surface area contributed by atoms with E-state index in [1.54, 1.807) is 17.1 Å². The number of aromatic nitrogens is 4. The van der Waals surface area contributed by atoms with Crippen LogP contribution in [0.25, 0.3) is 0 Å². The van der Waals surface area contributed by atoms with E-state index in [4.69, 9.17) is 0 Å². The molecule has 3 rings (SSSR count). The average Bonchev–Trinajstić information content (AvgIpc) is 3.03. The van der Waals surface area contributed by atoms with Gasteiger partial charge in [-0.1, -0.05) is 0 Å². The van der Waals surface area contributed by atoms with E-state index in [1.807, 2.05) is 31.1 Å². The van der Waals surface area contributed by atoms with Crippen LogP contribution in [0.15, 0.2) is 24.8 Å². The molecule has 1 fully saturated rings. The predicted molar refractivity (Wildman–Crippen MR) is 82.5 cm³/mol. The Kier molecular flexibility index (Phi) is 4.18. The van der Waals surface area contributed by atoms with Gasteiger partial charge >= 0.3 is 0 Å². The minimum absolute atomic E-state index is 0.0602. The monoisotopic (exact) mass is 299 g/mol. The summed E-state index contributed by atoms with van der Waals surface area (Å²) in [5.41, 5.74) is 2.57. The number of carbonyl (C=O) groups excluding carboxylic acids is 1. The molecule has 0 N–H and O–H groups in total. The fourth-order valence-corrected chi connectivity index (χ4v) is 2.91. The Morgan fingerprint density at radius 1 is 1.36 bits per heavy atom. The fourth-order valence-electron chi connectivity index (χ4n) is 2.91. The minimum Gasteiger partial charge on any atom is -0.338 e. The Bertz CT molecular complexity index is 666. The number of piperidine rings is 1. The third-order valence-electron chi connectivity index (χ3n) is 4.10. The van der Waals surface area contributed by atoms with E-state index in [9.17, 15) is 4.79 Å². The van der Waals surface area contributed by atoms with Crippen molar-refractivity contribution in [3.8, 4) is 0 Å². The number of aryl methyl sites for hydroxylation is 2. The Hall–Kier alpha value is -2.24. The molecule has 0 aliphatic carbocycles. The fraction of sp³-hybridized carbons (Fsp3) is 0.500. The highest BCUT2D eigenvalue weighted by molar-refractivity contribution is 5.93. The van der Waals surface area contributed by atoms with Crippen LogP contribution in [0, 0.1) is 6.92 Å². The van der Waals surface area contributed by atoms with Gasteiger partial charge in [-0.25, -0.2) is 0 Å². The summed E-state index contributed by atoms with van der Waals surface area (Å²) in [7, 11) is 0. The number of carbonyl (C=O) groups is 1. The van der Waals surface area contributed by atoms with Crippen LogP contribution in [-0.2, 0) is 6.54 Å². The molecular weight excluding hydrogens is 278 g/mol. The number of likely N-dealkylation sites (tertiary alicyclic amines) is 1. The number of nitrogens with zero attached hydrogens (tertiary/aromatic N) is 5. The van der Waals surface area contributed by atoms with E-state index in [0.29, 0.717) is 12.1 Å². The van der Waals surface area contributed by atoms with Gasteiger partial charge in [-0.2, -0.15) is 5.10 Å². The summed E-state index contributed by atoms with van der Waals surface area (Å²) in [5.74, 6) is 0.330. The highest BCUT2D eigenvalue weighted by atomic mass is 16.2. The molecule has 1 atom stereocenters. The van der Waals surface area contributed by atoms with E-state index in [0.717, 1.165) is 37.3 Å². The lowest BCUT2D eigenvalue weighted by Gasteiger charge is -2.32. The molecule has 0 aromatic carbocycles. The summed E-state index contributed by atoms with van der Waals surface area (Å²) in [6.07, 6.45) is 9.10. The molecule has 22 heavy (non-hydrogen) atoms. The molecule has 1 amide bonds. The Morgan fingerprint density at radius 3 is 2.95 bits per heavy atom. The van der Waals surface area contributed by atoms with Gasteiger partial charge in [-0.15, -0.1) is 0 Å². The molecule has 1 saturated heterocycles. The second-order valence-corrected chi connectivity index (χ2v) is 5.76. The molecule has 0 spiro atoms. The number of rotatable bonds is 3. The van der Waals surface area contributed by atoms with Crippen molar-refractivity contribution in [2.24, 2.45) is 0 Å². The normalized spacial score (nSPS) is 18.5. The van der Waals surface area contributed by atoms with Gasteiger partial charge in [0.15, 0.2) is 0 Å². The maximum Gasteiger partial charge on any atom is 0.257 e. The third-order valence-corrected chi connectivity index (χ3v) is 4.10. The van der Waals surface area contributed by atoms with Crippen molar-refractivity contribution in [1.29, 1.82) is 0 Å². The van der Waals surface area contributed by atoms with Crippen molar-refractivity contribution in [2.45, 2.75) is 39.2 Å². The molecule has 6 nitrogen and oxygen atoms in total.